The van der Waals surface area contributed by atoms with Gasteiger partial charge in [0.15, 0.2) is 0 Å². The van der Waals surface area contributed by atoms with Crippen LogP contribution in [-0.4, -0.2) is 55.5 Å². The van der Waals surface area contributed by atoms with Crippen LogP contribution < -0.4 is 19.7 Å². The van der Waals surface area contributed by atoms with Crippen LogP contribution in [-0.2, 0) is 16.8 Å². The van der Waals surface area contributed by atoms with E-state index >= 15 is 0 Å². The van der Waals surface area contributed by atoms with Gasteiger partial charge >= 0.3 is 0 Å². The van der Waals surface area contributed by atoms with E-state index < -0.39 is 0 Å². The Morgan fingerprint density at radius 3 is 2.24 bits per heavy atom. The van der Waals surface area contributed by atoms with Crippen molar-refractivity contribution in [1.82, 2.24) is 15.3 Å². The number of nitrogens with one attached hydrogen (secondary N) is 1. The third-order valence-electron chi connectivity index (χ3n) is 8.00. The van der Waals surface area contributed by atoms with Crippen LogP contribution in [0.2, 0.25) is 0 Å². The quantitative estimate of drug-likeness (QED) is 0.469. The molecule has 1 N–H and O–H groups in total. The van der Waals surface area contributed by atoms with Gasteiger partial charge in [0.1, 0.15) is 24.7 Å². The number of ether oxygens (including phenoxy) is 3. The number of benzene rings is 2. The van der Waals surface area contributed by atoms with Gasteiger partial charge in [0, 0.05) is 30.7 Å². The van der Waals surface area contributed by atoms with E-state index in [0.717, 1.165) is 62.6 Å². The van der Waals surface area contributed by atoms with Crippen LogP contribution in [0.15, 0.2) is 60.8 Å². The highest BCUT2D eigenvalue weighted by Gasteiger charge is 2.49. The van der Waals surface area contributed by atoms with E-state index in [9.17, 15) is 0 Å². The van der Waals surface area contributed by atoms with Gasteiger partial charge in [0.05, 0.1) is 24.3 Å². The molecule has 3 aliphatic heterocycles. The summed E-state index contributed by atoms with van der Waals surface area (Å²) in [7, 11) is 0. The second kappa shape index (κ2) is 9.95. The molecule has 0 amide bonds. The summed E-state index contributed by atoms with van der Waals surface area (Å²) >= 11 is 0. The van der Waals surface area contributed by atoms with E-state index in [2.05, 4.69) is 65.4 Å². The summed E-state index contributed by atoms with van der Waals surface area (Å²) in [6.45, 7) is 10.4. The van der Waals surface area contributed by atoms with E-state index in [0.29, 0.717) is 18.1 Å². The van der Waals surface area contributed by atoms with Crippen molar-refractivity contribution < 1.29 is 14.2 Å². The van der Waals surface area contributed by atoms with Crippen LogP contribution in [0.1, 0.15) is 43.5 Å². The van der Waals surface area contributed by atoms with Gasteiger partial charge in [-0.15, -0.1) is 0 Å². The van der Waals surface area contributed by atoms with Crippen molar-refractivity contribution in [2.24, 2.45) is 5.41 Å². The highest BCUT2D eigenvalue weighted by molar-refractivity contribution is 5.42. The van der Waals surface area contributed by atoms with Gasteiger partial charge < -0.3 is 24.4 Å². The van der Waals surface area contributed by atoms with E-state index in [1.165, 1.54) is 24.0 Å². The number of aromatic nitrogens is 2. The normalized spacial score (nSPS) is 20.4. The van der Waals surface area contributed by atoms with Gasteiger partial charge in [-0.1, -0.05) is 38.1 Å². The minimum absolute atomic E-state index is 0.133. The molecule has 3 saturated heterocycles. The van der Waals surface area contributed by atoms with E-state index in [-0.39, 0.29) is 5.41 Å². The lowest BCUT2D eigenvalue weighted by Gasteiger charge is -2.54. The molecule has 0 aliphatic carbocycles. The smallest absolute Gasteiger partial charge is 0.225 e. The SMILES string of the molecule is CC(C)(c1ccc(OCc2ccnc(N3CC4(COC4)C3)n2)cc1)c1ccc(OC[C@H]2CCCN2)cc1. The third-order valence-corrected chi connectivity index (χ3v) is 8.00. The Hall–Kier alpha value is -3.16. The molecule has 3 fully saturated rings. The summed E-state index contributed by atoms with van der Waals surface area (Å²) in [6.07, 6.45) is 4.25. The third kappa shape index (κ3) is 5.15. The van der Waals surface area contributed by atoms with Crippen molar-refractivity contribution in [1.29, 1.82) is 0 Å². The van der Waals surface area contributed by atoms with Crippen molar-refractivity contribution >= 4 is 5.95 Å². The van der Waals surface area contributed by atoms with E-state index in [1.807, 2.05) is 24.4 Å². The first-order chi connectivity index (χ1) is 18.0. The Kier molecular flexibility index (Phi) is 6.51. The molecule has 1 atom stereocenters. The number of nitrogens with zero attached hydrogens (tertiary/aromatic N) is 3. The Morgan fingerprint density at radius 1 is 0.973 bits per heavy atom. The number of hydrogen-bond acceptors (Lipinski definition) is 7. The second-order valence-corrected chi connectivity index (χ2v) is 11.3. The molecule has 1 aromatic heterocycles. The van der Waals surface area contributed by atoms with Gasteiger partial charge in [-0.2, -0.15) is 0 Å². The van der Waals surface area contributed by atoms with Crippen LogP contribution in [0.4, 0.5) is 5.95 Å². The fourth-order valence-corrected chi connectivity index (χ4v) is 5.45. The molecule has 4 heterocycles. The fraction of sp³-hybridized carbons (Fsp3) is 0.467. The average molecular weight is 501 g/mol. The topological polar surface area (TPSA) is 68.7 Å². The molecule has 0 bridgehead atoms. The van der Waals surface area contributed by atoms with Gasteiger partial charge in [-0.05, 0) is 60.8 Å². The Bertz CT molecular complexity index is 1190. The number of anilines is 1. The summed E-state index contributed by atoms with van der Waals surface area (Å²) in [6, 6.07) is 19.3. The molecule has 2 aromatic carbocycles. The first-order valence-corrected chi connectivity index (χ1v) is 13.3. The molecular weight excluding hydrogens is 464 g/mol. The molecule has 7 nitrogen and oxygen atoms in total. The standard InChI is InChI=1S/C30H36N4O3/c1-29(2,22-5-9-26(10-6-22)36-16-24-4-3-14-31-24)23-7-11-27(12-8-23)37-17-25-13-15-32-28(33-25)34-18-30(19-34)20-35-21-30/h5-13,15,24,31H,3-4,14,16-21H2,1-2H3/t24-/m1/s1. The zero-order valence-electron chi connectivity index (χ0n) is 21.8. The summed E-state index contributed by atoms with van der Waals surface area (Å²) < 4.78 is 17.4. The van der Waals surface area contributed by atoms with Crippen LogP contribution in [0, 0.1) is 5.41 Å². The van der Waals surface area contributed by atoms with Crippen molar-refractivity contribution in [2.45, 2.75) is 44.8 Å². The molecule has 194 valence electrons. The molecule has 7 heteroatoms. The highest BCUT2D eigenvalue weighted by Crippen LogP contribution is 2.39. The van der Waals surface area contributed by atoms with E-state index in [4.69, 9.17) is 19.2 Å². The summed E-state index contributed by atoms with van der Waals surface area (Å²) in [5.41, 5.74) is 3.58. The molecule has 1 spiro atoms. The maximum atomic E-state index is 6.06. The van der Waals surface area contributed by atoms with Crippen molar-refractivity contribution in [2.75, 3.05) is 44.4 Å². The lowest BCUT2D eigenvalue weighted by molar-refractivity contribution is -0.127. The molecule has 37 heavy (non-hydrogen) atoms. The minimum atomic E-state index is -0.133. The lowest BCUT2D eigenvalue weighted by atomic mass is 9.78. The van der Waals surface area contributed by atoms with Crippen LogP contribution in [0.3, 0.4) is 0 Å². The first kappa shape index (κ1) is 24.2. The zero-order chi connectivity index (χ0) is 25.3. The predicted octanol–water partition coefficient (Wildman–Crippen LogP) is 4.35. The molecule has 6 rings (SSSR count). The Balaban J connectivity index is 1.03. The molecule has 0 saturated carbocycles. The second-order valence-electron chi connectivity index (χ2n) is 11.3. The predicted molar refractivity (Wildman–Crippen MR) is 143 cm³/mol. The molecule has 3 aliphatic rings. The summed E-state index contributed by atoms with van der Waals surface area (Å²) in [5.74, 6) is 2.54. The minimum Gasteiger partial charge on any atom is -0.492 e. The maximum Gasteiger partial charge on any atom is 0.225 e. The Labute approximate surface area is 219 Å². The Morgan fingerprint density at radius 2 is 1.65 bits per heavy atom. The van der Waals surface area contributed by atoms with Crippen LogP contribution >= 0.6 is 0 Å². The maximum absolute atomic E-state index is 6.06. The molecular formula is C30H36N4O3. The molecule has 0 radical (unpaired) electrons. The summed E-state index contributed by atoms with van der Waals surface area (Å²) in [5, 5.41) is 3.48. The average Bonchev–Trinajstić information content (AvgIpc) is 3.39. The molecule has 3 aromatic rings. The highest BCUT2D eigenvalue weighted by atomic mass is 16.5. The van der Waals surface area contributed by atoms with Crippen molar-refractivity contribution in [3.63, 3.8) is 0 Å². The van der Waals surface area contributed by atoms with Gasteiger partial charge in [0.25, 0.3) is 0 Å². The van der Waals surface area contributed by atoms with Gasteiger partial charge in [-0.3, -0.25) is 0 Å². The van der Waals surface area contributed by atoms with Crippen LogP contribution in [0.25, 0.3) is 0 Å². The first-order valence-electron chi connectivity index (χ1n) is 13.3. The van der Waals surface area contributed by atoms with Crippen molar-refractivity contribution in [3.8, 4) is 11.5 Å². The van der Waals surface area contributed by atoms with Crippen molar-refractivity contribution in [3.05, 3.63) is 77.6 Å². The van der Waals surface area contributed by atoms with Gasteiger partial charge in [-0.25, -0.2) is 9.97 Å². The van der Waals surface area contributed by atoms with E-state index in [1.54, 1.807) is 0 Å². The number of rotatable bonds is 9. The monoisotopic (exact) mass is 500 g/mol. The summed E-state index contributed by atoms with van der Waals surface area (Å²) in [4.78, 5) is 11.4. The number of hydrogen-bond donors (Lipinski definition) is 1. The fourth-order valence-electron chi connectivity index (χ4n) is 5.45. The van der Waals surface area contributed by atoms with Crippen LogP contribution in [0.5, 0.6) is 11.5 Å². The zero-order valence-corrected chi connectivity index (χ0v) is 21.8. The largest absolute Gasteiger partial charge is 0.492 e. The molecule has 0 unspecified atom stereocenters. The van der Waals surface area contributed by atoms with Gasteiger partial charge in [0.2, 0.25) is 5.95 Å². The lowest BCUT2D eigenvalue weighted by Crippen LogP contribution is -2.66.